The Morgan fingerprint density at radius 1 is 1.20 bits per heavy atom. The molecule has 1 N–H and O–H groups in total. The van der Waals surface area contributed by atoms with Gasteiger partial charge in [0.05, 0.1) is 13.2 Å². The number of hydrogen-bond donors (Lipinski definition) is 1. The van der Waals surface area contributed by atoms with Crippen LogP contribution in [0.15, 0.2) is 0 Å². The van der Waals surface area contributed by atoms with E-state index in [2.05, 4.69) is 5.32 Å². The van der Waals surface area contributed by atoms with Gasteiger partial charge in [-0.3, -0.25) is 24.2 Å². The molecule has 1 heterocycles. The van der Waals surface area contributed by atoms with Crippen molar-refractivity contribution >= 4 is 23.8 Å². The number of carbonyl (C=O) groups is 4. The lowest BCUT2D eigenvalue weighted by atomic mass is 10.4. The standard InChI is InChI=1S/C12H20N4O4/c1-5-15-10(18)11(19)16(12(15)20)7-14(4)6-9(17)13-8(2)3/h8H,5-7H2,1-4H3,(H,13,17). The fourth-order valence-electron chi connectivity index (χ4n) is 1.86. The van der Waals surface area contributed by atoms with E-state index in [-0.39, 0.29) is 31.7 Å². The Balaban J connectivity index is 2.60. The summed E-state index contributed by atoms with van der Waals surface area (Å²) in [6.45, 7) is 5.39. The molecule has 1 saturated heterocycles. The van der Waals surface area contributed by atoms with Crippen molar-refractivity contribution in [3.05, 3.63) is 0 Å². The Labute approximate surface area is 117 Å². The first-order valence-electron chi connectivity index (χ1n) is 6.43. The number of rotatable bonds is 6. The van der Waals surface area contributed by atoms with Crippen LogP contribution >= 0.6 is 0 Å². The Bertz CT molecular complexity index is 435. The summed E-state index contributed by atoms with van der Waals surface area (Å²) in [6, 6.07) is -0.623. The van der Waals surface area contributed by atoms with Crippen molar-refractivity contribution in [2.45, 2.75) is 26.8 Å². The molecule has 0 aliphatic carbocycles. The topological polar surface area (TPSA) is 90.0 Å². The maximum Gasteiger partial charge on any atom is 0.335 e. The zero-order chi connectivity index (χ0) is 15.4. The molecule has 0 saturated carbocycles. The smallest absolute Gasteiger partial charge is 0.335 e. The summed E-state index contributed by atoms with van der Waals surface area (Å²) in [5, 5.41) is 2.70. The van der Waals surface area contributed by atoms with Crippen molar-refractivity contribution in [1.29, 1.82) is 0 Å². The van der Waals surface area contributed by atoms with E-state index in [1.54, 1.807) is 14.0 Å². The van der Waals surface area contributed by atoms with Crippen molar-refractivity contribution in [3.63, 3.8) is 0 Å². The molecule has 1 rings (SSSR count). The van der Waals surface area contributed by atoms with Gasteiger partial charge in [-0.15, -0.1) is 0 Å². The number of nitrogens with zero attached hydrogens (tertiary/aromatic N) is 3. The molecule has 0 atom stereocenters. The second-order valence-electron chi connectivity index (χ2n) is 4.94. The summed E-state index contributed by atoms with van der Waals surface area (Å²) in [6.07, 6.45) is 0. The van der Waals surface area contributed by atoms with Gasteiger partial charge in [-0.05, 0) is 27.8 Å². The summed E-state index contributed by atoms with van der Waals surface area (Å²) in [5.74, 6) is -1.88. The average Bonchev–Trinajstić information content (AvgIpc) is 2.52. The molecule has 0 bridgehead atoms. The third kappa shape index (κ3) is 3.53. The van der Waals surface area contributed by atoms with Gasteiger partial charge in [0, 0.05) is 12.6 Å². The molecule has 1 aliphatic heterocycles. The summed E-state index contributed by atoms with van der Waals surface area (Å²) in [7, 11) is 1.60. The monoisotopic (exact) mass is 284 g/mol. The summed E-state index contributed by atoms with van der Waals surface area (Å²) in [4.78, 5) is 49.8. The Morgan fingerprint density at radius 2 is 1.75 bits per heavy atom. The molecule has 0 spiro atoms. The Morgan fingerprint density at radius 3 is 2.20 bits per heavy atom. The van der Waals surface area contributed by atoms with Crippen LogP contribution in [0.1, 0.15) is 20.8 Å². The van der Waals surface area contributed by atoms with Crippen LogP contribution < -0.4 is 5.32 Å². The number of urea groups is 1. The fourth-order valence-corrected chi connectivity index (χ4v) is 1.86. The minimum Gasteiger partial charge on any atom is -0.353 e. The number of carbonyl (C=O) groups excluding carboxylic acids is 4. The average molecular weight is 284 g/mol. The summed E-state index contributed by atoms with van der Waals surface area (Å²) < 4.78 is 0. The van der Waals surface area contributed by atoms with Crippen LogP contribution in [0.5, 0.6) is 0 Å². The van der Waals surface area contributed by atoms with Crippen LogP contribution in [0, 0.1) is 0 Å². The van der Waals surface area contributed by atoms with E-state index in [4.69, 9.17) is 0 Å². The number of likely N-dealkylation sites (N-methyl/N-ethyl adjacent to an activating group) is 2. The largest absolute Gasteiger partial charge is 0.353 e. The second kappa shape index (κ2) is 6.47. The maximum absolute atomic E-state index is 11.8. The van der Waals surface area contributed by atoms with Crippen molar-refractivity contribution in [2.75, 3.05) is 26.8 Å². The van der Waals surface area contributed by atoms with Gasteiger partial charge in [0.25, 0.3) is 0 Å². The lowest BCUT2D eigenvalue weighted by molar-refractivity contribution is -0.143. The van der Waals surface area contributed by atoms with E-state index in [1.165, 1.54) is 4.90 Å². The molecule has 0 radical (unpaired) electrons. The van der Waals surface area contributed by atoms with Crippen LogP contribution in [-0.4, -0.2) is 71.3 Å². The Kier molecular flexibility index (Phi) is 5.20. The molecule has 8 heteroatoms. The van der Waals surface area contributed by atoms with Gasteiger partial charge in [-0.1, -0.05) is 0 Å². The van der Waals surface area contributed by atoms with E-state index in [0.29, 0.717) is 0 Å². The highest BCUT2D eigenvalue weighted by Crippen LogP contribution is 2.11. The van der Waals surface area contributed by atoms with Gasteiger partial charge >= 0.3 is 17.8 Å². The van der Waals surface area contributed by atoms with E-state index in [0.717, 1.165) is 9.80 Å². The minimum atomic E-state index is -0.854. The van der Waals surface area contributed by atoms with E-state index in [9.17, 15) is 19.2 Å². The zero-order valence-electron chi connectivity index (χ0n) is 12.2. The van der Waals surface area contributed by atoms with Crippen LogP contribution in [0.25, 0.3) is 0 Å². The third-order valence-electron chi connectivity index (χ3n) is 2.70. The molecule has 8 nitrogen and oxygen atoms in total. The Hall–Kier alpha value is -1.96. The molecule has 0 aromatic heterocycles. The first kappa shape index (κ1) is 16.1. The molecule has 0 unspecified atom stereocenters. The first-order chi connectivity index (χ1) is 9.27. The third-order valence-corrected chi connectivity index (χ3v) is 2.70. The fraction of sp³-hybridized carbons (Fsp3) is 0.667. The highest BCUT2D eigenvalue weighted by molar-refractivity contribution is 6.44. The lowest BCUT2D eigenvalue weighted by Gasteiger charge is -2.22. The van der Waals surface area contributed by atoms with E-state index >= 15 is 0 Å². The van der Waals surface area contributed by atoms with Gasteiger partial charge in [0.1, 0.15) is 0 Å². The molecule has 112 valence electrons. The highest BCUT2D eigenvalue weighted by atomic mass is 16.2. The number of amides is 5. The molecular formula is C12H20N4O4. The van der Waals surface area contributed by atoms with Gasteiger partial charge in [0.2, 0.25) is 5.91 Å². The molecule has 5 amide bonds. The SMILES string of the molecule is CCN1C(=O)C(=O)N(CN(C)CC(=O)NC(C)C)C1=O. The molecule has 20 heavy (non-hydrogen) atoms. The predicted molar refractivity (Wildman–Crippen MR) is 70.4 cm³/mol. The van der Waals surface area contributed by atoms with E-state index < -0.39 is 17.8 Å². The van der Waals surface area contributed by atoms with E-state index in [1.807, 2.05) is 13.8 Å². The van der Waals surface area contributed by atoms with Gasteiger partial charge in [-0.2, -0.15) is 0 Å². The quantitative estimate of drug-likeness (QED) is 0.510. The second-order valence-corrected chi connectivity index (χ2v) is 4.94. The number of hydrogen-bond acceptors (Lipinski definition) is 5. The van der Waals surface area contributed by atoms with Crippen LogP contribution in [0.3, 0.4) is 0 Å². The minimum absolute atomic E-state index is 0.0168. The first-order valence-corrected chi connectivity index (χ1v) is 6.43. The van der Waals surface area contributed by atoms with Crippen LogP contribution in [0.2, 0.25) is 0 Å². The molecule has 0 aromatic rings. The van der Waals surface area contributed by atoms with Crippen molar-refractivity contribution < 1.29 is 19.2 Å². The van der Waals surface area contributed by atoms with Crippen LogP contribution in [-0.2, 0) is 14.4 Å². The highest BCUT2D eigenvalue weighted by Gasteiger charge is 2.43. The van der Waals surface area contributed by atoms with Gasteiger partial charge in [0.15, 0.2) is 0 Å². The summed E-state index contributed by atoms with van der Waals surface area (Å²) in [5.41, 5.74) is 0. The number of imide groups is 2. The van der Waals surface area contributed by atoms with Crippen LogP contribution in [0.4, 0.5) is 4.79 Å². The maximum atomic E-state index is 11.8. The van der Waals surface area contributed by atoms with Crippen molar-refractivity contribution in [3.8, 4) is 0 Å². The van der Waals surface area contributed by atoms with Gasteiger partial charge in [-0.25, -0.2) is 9.69 Å². The van der Waals surface area contributed by atoms with Crippen molar-refractivity contribution in [2.24, 2.45) is 0 Å². The number of nitrogens with one attached hydrogen (secondary N) is 1. The zero-order valence-corrected chi connectivity index (χ0v) is 12.2. The molecule has 1 aliphatic rings. The van der Waals surface area contributed by atoms with Crippen molar-refractivity contribution in [1.82, 2.24) is 20.0 Å². The molecule has 0 aromatic carbocycles. The molecular weight excluding hydrogens is 264 g/mol. The summed E-state index contributed by atoms with van der Waals surface area (Å²) >= 11 is 0. The normalized spacial score (nSPS) is 15.8. The lowest BCUT2D eigenvalue weighted by Crippen LogP contribution is -2.45. The van der Waals surface area contributed by atoms with Gasteiger partial charge < -0.3 is 5.32 Å². The predicted octanol–water partition coefficient (Wildman–Crippen LogP) is -0.789. The molecule has 1 fully saturated rings.